The van der Waals surface area contributed by atoms with Gasteiger partial charge in [-0.2, -0.15) is 0 Å². The van der Waals surface area contributed by atoms with Crippen LogP contribution in [0.1, 0.15) is 70.9 Å². The lowest BCUT2D eigenvalue weighted by Crippen LogP contribution is -2.67. The summed E-state index contributed by atoms with van der Waals surface area (Å²) in [7, 11) is 0. The standard InChI is InChI=1S/C29H32N4O5/c30-25(35)22-2-1-7-32(22)27(37)18-8-15-10-29(38)24-19-11-28(29,12-21(15)31-26(18)36)20-9-16(34)5-6-17(20)23(19)33(24)13-14-3-4-14/h5-6,8-9,14,19,22-24,34,38H,1-4,7,10-13H2,(H2,30,35)(H,31,36)/t19?,22-,23?,24+,28+,29+/m0/s1. The Kier molecular flexibility index (Phi) is 4.36. The minimum atomic E-state index is -1.09. The van der Waals surface area contributed by atoms with Crippen LogP contribution in [-0.4, -0.2) is 67.6 Å². The quantitative estimate of drug-likeness (QED) is 0.480. The molecule has 1 aromatic heterocycles. The number of nitrogens with zero attached hydrogens (tertiary/aromatic N) is 2. The third-order valence-electron chi connectivity index (χ3n) is 10.7. The Bertz CT molecular complexity index is 1480. The third-order valence-corrected chi connectivity index (χ3v) is 10.7. The highest BCUT2D eigenvalue weighted by Gasteiger charge is 2.76. The molecule has 9 heteroatoms. The van der Waals surface area contributed by atoms with E-state index in [2.05, 4.69) is 9.88 Å². The van der Waals surface area contributed by atoms with Crippen molar-refractivity contribution in [1.82, 2.24) is 14.8 Å². The predicted molar refractivity (Wildman–Crippen MR) is 137 cm³/mol. The SMILES string of the molecule is NC(=O)[C@@H]1CCCN1C(=O)c1cc2c([nH]c1=O)C[C@]13CC4C(c5ccc(O)cc51)N(CC1CC1)[C@H]4[C@]3(O)C2. The molecule has 4 bridgehead atoms. The summed E-state index contributed by atoms with van der Waals surface area (Å²) in [5, 5.41) is 23.2. The zero-order chi connectivity index (χ0) is 26.1. The van der Waals surface area contributed by atoms with Gasteiger partial charge in [-0.15, -0.1) is 0 Å². The van der Waals surface area contributed by atoms with Crippen molar-refractivity contribution in [3.05, 3.63) is 62.6 Å². The highest BCUT2D eigenvalue weighted by atomic mass is 16.3. The van der Waals surface area contributed by atoms with Crippen LogP contribution in [0, 0.1) is 11.8 Å². The van der Waals surface area contributed by atoms with Crippen LogP contribution < -0.4 is 11.3 Å². The van der Waals surface area contributed by atoms with Crippen LogP contribution in [0.4, 0.5) is 0 Å². The molecule has 0 spiro atoms. The van der Waals surface area contributed by atoms with E-state index < -0.39 is 34.4 Å². The van der Waals surface area contributed by atoms with Crippen molar-refractivity contribution in [2.75, 3.05) is 13.1 Å². The predicted octanol–water partition coefficient (Wildman–Crippen LogP) is 1.11. The molecule has 1 aromatic carbocycles. The molecule has 7 aliphatic rings. The summed E-state index contributed by atoms with van der Waals surface area (Å²) in [6.07, 6.45) is 5.20. The summed E-state index contributed by atoms with van der Waals surface area (Å²) in [6, 6.07) is 6.78. The average molecular weight is 517 g/mol. The number of phenols is 1. The highest BCUT2D eigenvalue weighted by molar-refractivity contribution is 5.97. The van der Waals surface area contributed by atoms with E-state index in [1.807, 2.05) is 12.1 Å². The van der Waals surface area contributed by atoms with Gasteiger partial charge in [-0.05, 0) is 78.8 Å². The molecule has 2 unspecified atom stereocenters. The van der Waals surface area contributed by atoms with Gasteiger partial charge in [0.05, 0.1) is 5.60 Å². The van der Waals surface area contributed by atoms with Gasteiger partial charge in [-0.3, -0.25) is 19.3 Å². The molecular formula is C29H32N4O5. The molecule has 5 N–H and O–H groups in total. The van der Waals surface area contributed by atoms with E-state index in [9.17, 15) is 24.6 Å². The lowest BCUT2D eigenvalue weighted by Gasteiger charge is -2.56. The van der Waals surface area contributed by atoms with Gasteiger partial charge in [-0.1, -0.05) is 6.07 Å². The number of rotatable bonds is 4. The van der Waals surface area contributed by atoms with Gasteiger partial charge in [0.2, 0.25) is 5.91 Å². The summed E-state index contributed by atoms with van der Waals surface area (Å²) in [6.45, 7) is 1.35. The number of carbonyl (C=O) groups excluding carboxylic acids is 2. The fourth-order valence-corrected chi connectivity index (χ4v) is 8.98. The number of amides is 2. The minimum Gasteiger partial charge on any atom is -0.508 e. The van der Waals surface area contributed by atoms with Crippen LogP contribution >= 0.6 is 0 Å². The highest BCUT2D eigenvalue weighted by Crippen LogP contribution is 2.71. The number of primary amides is 1. The normalized spacial score (nSPS) is 36.3. The van der Waals surface area contributed by atoms with Gasteiger partial charge in [0.15, 0.2) is 0 Å². The second kappa shape index (κ2) is 7.27. The van der Waals surface area contributed by atoms with E-state index in [4.69, 9.17) is 5.73 Å². The largest absolute Gasteiger partial charge is 0.508 e. The lowest BCUT2D eigenvalue weighted by atomic mass is 9.59. The Morgan fingerprint density at radius 1 is 1.16 bits per heavy atom. The molecule has 4 heterocycles. The number of phenolic OH excluding ortho intramolecular Hbond substituents is 1. The van der Waals surface area contributed by atoms with Crippen molar-refractivity contribution < 1.29 is 19.8 Å². The number of aromatic amines is 1. The summed E-state index contributed by atoms with van der Waals surface area (Å²) < 4.78 is 0. The number of benzene rings is 1. The van der Waals surface area contributed by atoms with Gasteiger partial charge in [0.1, 0.15) is 17.4 Å². The number of H-pyrrole nitrogens is 1. The maximum absolute atomic E-state index is 13.4. The molecule has 9 rings (SSSR count). The van der Waals surface area contributed by atoms with Crippen molar-refractivity contribution >= 4 is 11.8 Å². The lowest BCUT2D eigenvalue weighted by molar-refractivity contribution is -0.140. The summed E-state index contributed by atoms with van der Waals surface area (Å²) in [5.41, 5.74) is 7.05. The molecule has 2 saturated carbocycles. The van der Waals surface area contributed by atoms with Crippen molar-refractivity contribution in [1.29, 1.82) is 0 Å². The number of aromatic nitrogens is 1. The van der Waals surface area contributed by atoms with E-state index in [-0.39, 0.29) is 23.4 Å². The zero-order valence-electron chi connectivity index (χ0n) is 21.2. The molecular weight excluding hydrogens is 484 g/mol. The van der Waals surface area contributed by atoms with Crippen molar-refractivity contribution in [3.63, 3.8) is 0 Å². The molecule has 3 aliphatic heterocycles. The van der Waals surface area contributed by atoms with Crippen molar-refractivity contribution in [2.45, 2.75) is 74.1 Å². The Balaban J connectivity index is 1.24. The first kappa shape index (κ1) is 22.8. The van der Waals surface area contributed by atoms with E-state index in [0.717, 1.165) is 29.8 Å². The number of likely N-dealkylation sites (tertiary alicyclic amines) is 1. The number of aliphatic hydroxyl groups is 1. The number of pyridine rings is 1. The van der Waals surface area contributed by atoms with Crippen molar-refractivity contribution in [3.8, 4) is 5.75 Å². The van der Waals surface area contributed by atoms with Crippen LogP contribution in [0.2, 0.25) is 0 Å². The fourth-order valence-electron chi connectivity index (χ4n) is 8.98. The maximum Gasteiger partial charge on any atom is 0.261 e. The summed E-state index contributed by atoms with van der Waals surface area (Å²) in [4.78, 5) is 45.4. The number of hydrogen-bond acceptors (Lipinski definition) is 6. The first-order valence-electron chi connectivity index (χ1n) is 13.9. The number of aromatic hydroxyl groups is 1. The Morgan fingerprint density at radius 2 is 1.97 bits per heavy atom. The first-order valence-corrected chi connectivity index (χ1v) is 13.9. The third kappa shape index (κ3) is 2.71. The molecule has 6 atom stereocenters. The molecule has 198 valence electrons. The van der Waals surface area contributed by atoms with Gasteiger partial charge in [0, 0.05) is 49.1 Å². The van der Waals surface area contributed by atoms with Crippen LogP contribution in [0.3, 0.4) is 0 Å². The van der Waals surface area contributed by atoms with Crippen LogP contribution in [-0.2, 0) is 23.1 Å². The van der Waals surface area contributed by atoms with Gasteiger partial charge < -0.3 is 25.8 Å². The van der Waals surface area contributed by atoms with Gasteiger partial charge in [-0.25, -0.2) is 0 Å². The van der Waals surface area contributed by atoms with Gasteiger partial charge >= 0.3 is 0 Å². The zero-order valence-corrected chi connectivity index (χ0v) is 21.2. The minimum absolute atomic E-state index is 0.000281. The summed E-state index contributed by atoms with van der Waals surface area (Å²) in [5.74, 6) is 0.135. The maximum atomic E-state index is 13.4. The molecule has 9 nitrogen and oxygen atoms in total. The second-order valence-electron chi connectivity index (χ2n) is 12.6. The van der Waals surface area contributed by atoms with Crippen LogP contribution in [0.5, 0.6) is 5.75 Å². The van der Waals surface area contributed by atoms with Gasteiger partial charge in [0.25, 0.3) is 11.5 Å². The van der Waals surface area contributed by atoms with Crippen LogP contribution in [0.15, 0.2) is 29.1 Å². The van der Waals surface area contributed by atoms with E-state index in [1.165, 1.54) is 23.3 Å². The molecule has 2 saturated heterocycles. The summed E-state index contributed by atoms with van der Waals surface area (Å²) >= 11 is 0. The molecule has 2 aromatic rings. The van der Waals surface area contributed by atoms with Crippen LogP contribution in [0.25, 0.3) is 0 Å². The van der Waals surface area contributed by atoms with Crippen molar-refractivity contribution in [2.24, 2.45) is 17.6 Å². The molecule has 2 amide bonds. The monoisotopic (exact) mass is 516 g/mol. The molecule has 4 fully saturated rings. The Morgan fingerprint density at radius 3 is 2.74 bits per heavy atom. The second-order valence-corrected chi connectivity index (χ2v) is 12.6. The molecule has 38 heavy (non-hydrogen) atoms. The average Bonchev–Trinajstić information content (AvgIpc) is 3.52. The topological polar surface area (TPSA) is 140 Å². The molecule has 0 radical (unpaired) electrons. The Labute approximate surface area is 219 Å². The number of fused-ring (bicyclic) bond motifs is 1. The smallest absolute Gasteiger partial charge is 0.261 e. The van der Waals surface area contributed by atoms with E-state index >= 15 is 0 Å². The van der Waals surface area contributed by atoms with E-state index in [1.54, 1.807) is 12.1 Å². The molecule has 4 aliphatic carbocycles. The fraction of sp³-hybridized carbons (Fsp3) is 0.552. The number of carbonyl (C=O) groups is 2. The Hall–Kier alpha value is -3.17. The van der Waals surface area contributed by atoms with E-state index in [0.29, 0.717) is 44.1 Å². The number of nitrogens with one attached hydrogen (secondary N) is 1. The first-order chi connectivity index (χ1) is 18.2. The number of hydrogen-bond donors (Lipinski definition) is 4. The number of nitrogens with two attached hydrogens (primary N) is 1.